The summed E-state index contributed by atoms with van der Waals surface area (Å²) in [6, 6.07) is 19.9. The highest BCUT2D eigenvalue weighted by Gasteiger charge is 2.17. The lowest BCUT2D eigenvalue weighted by molar-refractivity contribution is -0.116. The van der Waals surface area contributed by atoms with Crippen LogP contribution < -0.4 is 10.6 Å². The van der Waals surface area contributed by atoms with Gasteiger partial charge in [0.25, 0.3) is 5.91 Å². The van der Waals surface area contributed by atoms with Gasteiger partial charge in [-0.3, -0.25) is 14.6 Å². The molecule has 0 aliphatic carbocycles. The average molecular weight is 483 g/mol. The van der Waals surface area contributed by atoms with Crippen LogP contribution in [0.15, 0.2) is 66.9 Å². The van der Waals surface area contributed by atoms with Crippen LogP contribution in [0.1, 0.15) is 53.1 Å². The molecule has 4 rings (SSSR count). The first kappa shape index (κ1) is 25.2. The number of rotatable bonds is 9. The van der Waals surface area contributed by atoms with Crippen molar-refractivity contribution in [2.24, 2.45) is 5.92 Å². The minimum atomic E-state index is -0.127. The summed E-state index contributed by atoms with van der Waals surface area (Å²) >= 11 is 0. The average Bonchev–Trinajstić information content (AvgIpc) is 3.19. The van der Waals surface area contributed by atoms with Crippen molar-refractivity contribution in [1.29, 1.82) is 0 Å². The summed E-state index contributed by atoms with van der Waals surface area (Å²) in [4.78, 5) is 30.0. The molecule has 2 N–H and O–H groups in total. The molecule has 2 heterocycles. The minimum absolute atomic E-state index is 0.00773. The van der Waals surface area contributed by atoms with Gasteiger partial charge in [0.1, 0.15) is 5.69 Å². The van der Waals surface area contributed by atoms with Crippen LogP contribution in [0.3, 0.4) is 0 Å². The summed E-state index contributed by atoms with van der Waals surface area (Å²) in [6.07, 6.45) is 2.89. The van der Waals surface area contributed by atoms with E-state index < -0.39 is 0 Å². The fraction of sp³-hybridized carbons (Fsp3) is 0.300. The zero-order chi connectivity index (χ0) is 25.7. The van der Waals surface area contributed by atoms with Crippen molar-refractivity contribution in [3.05, 3.63) is 94.9 Å². The van der Waals surface area contributed by atoms with Gasteiger partial charge in [-0.15, -0.1) is 0 Å². The Kier molecular flexibility index (Phi) is 7.84. The third kappa shape index (κ3) is 6.19. The molecule has 0 bridgehead atoms. The molecule has 2 aromatic carbocycles. The third-order valence-electron chi connectivity index (χ3n) is 6.24. The van der Waals surface area contributed by atoms with E-state index in [0.717, 1.165) is 22.3 Å². The summed E-state index contributed by atoms with van der Waals surface area (Å²) in [5.74, 6) is 0.151. The minimum Gasteiger partial charge on any atom is -0.350 e. The van der Waals surface area contributed by atoms with Gasteiger partial charge in [0.2, 0.25) is 5.91 Å². The van der Waals surface area contributed by atoms with E-state index in [1.807, 2.05) is 56.3 Å². The Morgan fingerprint density at radius 3 is 2.58 bits per heavy atom. The number of anilines is 1. The van der Waals surface area contributed by atoms with Crippen molar-refractivity contribution in [3.8, 4) is 0 Å². The standard InChI is InChI=1S/C30H34N4O2/c1-20(2)15-29(35)33-26-10-11-27-23(17-26)18-28(30(36)32-14-12-25-7-5-6-13-31-25)34(27)19-24-16-21(3)8-9-22(24)4/h5-11,13,16-18,20H,12,14-15,19H2,1-4H3,(H,32,36)(H,33,35). The molecule has 0 unspecified atom stereocenters. The van der Waals surface area contributed by atoms with Crippen molar-refractivity contribution in [2.75, 3.05) is 11.9 Å². The van der Waals surface area contributed by atoms with Crippen LogP contribution in [-0.2, 0) is 17.8 Å². The normalized spacial score (nSPS) is 11.1. The predicted octanol–water partition coefficient (Wildman–Crippen LogP) is 5.66. The van der Waals surface area contributed by atoms with E-state index in [1.54, 1.807) is 6.20 Å². The first-order chi connectivity index (χ1) is 17.3. The lowest BCUT2D eigenvalue weighted by Crippen LogP contribution is -2.28. The fourth-order valence-electron chi connectivity index (χ4n) is 4.37. The highest BCUT2D eigenvalue weighted by molar-refractivity contribution is 6.00. The van der Waals surface area contributed by atoms with E-state index in [4.69, 9.17) is 0 Å². The SMILES string of the molecule is Cc1ccc(C)c(Cn2c(C(=O)NCCc3ccccn3)cc3cc(NC(=O)CC(C)C)ccc32)c1. The number of carbonyl (C=O) groups is 2. The molecule has 0 aliphatic heterocycles. The number of hydrogen-bond donors (Lipinski definition) is 2. The van der Waals surface area contributed by atoms with E-state index in [0.29, 0.717) is 31.6 Å². The van der Waals surface area contributed by atoms with Crippen molar-refractivity contribution in [1.82, 2.24) is 14.9 Å². The van der Waals surface area contributed by atoms with Crippen LogP contribution >= 0.6 is 0 Å². The van der Waals surface area contributed by atoms with Crippen LogP contribution in [0.4, 0.5) is 5.69 Å². The Morgan fingerprint density at radius 1 is 1.00 bits per heavy atom. The van der Waals surface area contributed by atoms with Gasteiger partial charge < -0.3 is 15.2 Å². The molecule has 36 heavy (non-hydrogen) atoms. The predicted molar refractivity (Wildman–Crippen MR) is 145 cm³/mol. The molecule has 2 aromatic heterocycles. The second-order valence-corrected chi connectivity index (χ2v) is 9.79. The maximum Gasteiger partial charge on any atom is 0.267 e. The van der Waals surface area contributed by atoms with Crippen molar-refractivity contribution >= 4 is 28.4 Å². The number of nitrogens with zero attached hydrogens (tertiary/aromatic N) is 2. The molecule has 4 aromatic rings. The summed E-state index contributed by atoms with van der Waals surface area (Å²) in [7, 11) is 0. The van der Waals surface area contributed by atoms with E-state index in [9.17, 15) is 9.59 Å². The molecular formula is C30H34N4O2. The molecule has 0 radical (unpaired) electrons. The van der Waals surface area contributed by atoms with Gasteiger partial charge in [0.15, 0.2) is 0 Å². The topological polar surface area (TPSA) is 76.0 Å². The number of aryl methyl sites for hydroxylation is 2. The van der Waals surface area contributed by atoms with Crippen LogP contribution in [0, 0.1) is 19.8 Å². The van der Waals surface area contributed by atoms with Crippen molar-refractivity contribution < 1.29 is 9.59 Å². The van der Waals surface area contributed by atoms with Crippen LogP contribution in [-0.4, -0.2) is 27.9 Å². The quantitative estimate of drug-likeness (QED) is 0.323. The number of benzene rings is 2. The number of fused-ring (bicyclic) bond motifs is 1. The lowest BCUT2D eigenvalue weighted by Gasteiger charge is -2.14. The summed E-state index contributed by atoms with van der Waals surface area (Å²) in [5.41, 5.74) is 6.76. The van der Waals surface area contributed by atoms with Gasteiger partial charge in [-0.05, 0) is 67.3 Å². The first-order valence-corrected chi connectivity index (χ1v) is 12.5. The molecule has 0 saturated heterocycles. The van der Waals surface area contributed by atoms with Crippen molar-refractivity contribution in [3.63, 3.8) is 0 Å². The van der Waals surface area contributed by atoms with E-state index in [2.05, 4.69) is 52.2 Å². The van der Waals surface area contributed by atoms with Gasteiger partial charge in [0, 0.05) is 54.4 Å². The smallest absolute Gasteiger partial charge is 0.267 e. The van der Waals surface area contributed by atoms with Gasteiger partial charge in [-0.1, -0.05) is 43.7 Å². The zero-order valence-corrected chi connectivity index (χ0v) is 21.5. The highest BCUT2D eigenvalue weighted by atomic mass is 16.2. The van der Waals surface area contributed by atoms with Gasteiger partial charge >= 0.3 is 0 Å². The van der Waals surface area contributed by atoms with E-state index in [-0.39, 0.29) is 17.7 Å². The maximum absolute atomic E-state index is 13.3. The molecule has 6 nitrogen and oxygen atoms in total. The Balaban J connectivity index is 1.63. The monoisotopic (exact) mass is 482 g/mol. The number of aromatic nitrogens is 2. The fourth-order valence-corrected chi connectivity index (χ4v) is 4.37. The third-order valence-corrected chi connectivity index (χ3v) is 6.24. The largest absolute Gasteiger partial charge is 0.350 e. The molecule has 0 atom stereocenters. The molecule has 186 valence electrons. The van der Waals surface area contributed by atoms with Crippen molar-refractivity contribution in [2.45, 2.75) is 47.1 Å². The number of amides is 2. The molecular weight excluding hydrogens is 448 g/mol. The lowest BCUT2D eigenvalue weighted by atomic mass is 10.1. The Morgan fingerprint density at radius 2 is 1.83 bits per heavy atom. The maximum atomic E-state index is 13.3. The Bertz CT molecular complexity index is 1370. The van der Waals surface area contributed by atoms with Gasteiger partial charge in [-0.2, -0.15) is 0 Å². The molecule has 0 fully saturated rings. The Hall–Kier alpha value is -3.93. The van der Waals surface area contributed by atoms with Crippen LogP contribution in [0.5, 0.6) is 0 Å². The summed E-state index contributed by atoms with van der Waals surface area (Å²) in [5, 5.41) is 6.96. The molecule has 0 saturated carbocycles. The molecule has 2 amide bonds. The second kappa shape index (κ2) is 11.2. The number of nitrogens with one attached hydrogen (secondary N) is 2. The number of carbonyl (C=O) groups excluding carboxylic acids is 2. The highest BCUT2D eigenvalue weighted by Crippen LogP contribution is 2.26. The zero-order valence-electron chi connectivity index (χ0n) is 21.5. The second-order valence-electron chi connectivity index (χ2n) is 9.79. The summed E-state index contributed by atoms with van der Waals surface area (Å²) in [6.45, 7) is 9.30. The number of pyridine rings is 1. The molecule has 6 heteroatoms. The van der Waals surface area contributed by atoms with Gasteiger partial charge in [-0.25, -0.2) is 0 Å². The first-order valence-electron chi connectivity index (χ1n) is 12.5. The Labute approximate surface area is 212 Å². The molecule has 0 aliphatic rings. The van der Waals surface area contributed by atoms with Gasteiger partial charge in [0.05, 0.1) is 0 Å². The van der Waals surface area contributed by atoms with E-state index in [1.165, 1.54) is 16.7 Å². The number of hydrogen-bond acceptors (Lipinski definition) is 3. The van der Waals surface area contributed by atoms with Crippen LogP contribution in [0.25, 0.3) is 10.9 Å². The van der Waals surface area contributed by atoms with Crippen LogP contribution in [0.2, 0.25) is 0 Å². The van der Waals surface area contributed by atoms with E-state index >= 15 is 0 Å². The summed E-state index contributed by atoms with van der Waals surface area (Å²) < 4.78 is 2.06. The molecule has 0 spiro atoms.